The second kappa shape index (κ2) is 7.38. The highest BCUT2D eigenvalue weighted by molar-refractivity contribution is 7.09. The number of carbonyl (C=O) groups excluding carboxylic acids is 1. The molecule has 2 aromatic heterocycles. The topological polar surface area (TPSA) is 66.9 Å². The van der Waals surface area contributed by atoms with Gasteiger partial charge >= 0.3 is 0 Å². The van der Waals surface area contributed by atoms with Crippen molar-refractivity contribution in [2.45, 2.75) is 26.3 Å². The molecule has 1 amide bonds. The highest BCUT2D eigenvalue weighted by atomic mass is 35.5. The fourth-order valence-electron chi connectivity index (χ4n) is 1.87. The van der Waals surface area contributed by atoms with E-state index in [2.05, 4.69) is 20.6 Å². The zero-order valence-corrected chi connectivity index (χ0v) is 13.5. The van der Waals surface area contributed by atoms with Gasteiger partial charge in [0.25, 0.3) is 5.91 Å². The first-order valence-electron chi connectivity index (χ1n) is 6.75. The average Bonchev–Trinajstić information content (AvgIpc) is 3.01. The Bertz CT molecular complexity index is 603. The molecular weight excluding hydrogens is 308 g/mol. The number of carbonyl (C=O) groups is 1. The quantitative estimate of drug-likeness (QED) is 0.853. The number of rotatable bonds is 6. The van der Waals surface area contributed by atoms with Gasteiger partial charge in [-0.1, -0.05) is 18.5 Å². The van der Waals surface area contributed by atoms with Gasteiger partial charge in [0.1, 0.15) is 10.8 Å². The van der Waals surface area contributed by atoms with Crippen LogP contribution < -0.4 is 10.6 Å². The van der Waals surface area contributed by atoms with Crippen LogP contribution in [0.15, 0.2) is 23.8 Å². The molecule has 2 heterocycles. The maximum atomic E-state index is 12.4. The lowest BCUT2D eigenvalue weighted by Gasteiger charge is -2.15. The van der Waals surface area contributed by atoms with Crippen LogP contribution >= 0.6 is 22.9 Å². The van der Waals surface area contributed by atoms with Crippen molar-refractivity contribution in [1.29, 1.82) is 0 Å². The predicted octanol–water partition coefficient (Wildman–Crippen LogP) is 3.50. The Balaban J connectivity index is 2.17. The van der Waals surface area contributed by atoms with Gasteiger partial charge in [0, 0.05) is 24.3 Å². The summed E-state index contributed by atoms with van der Waals surface area (Å²) < 4.78 is 0. The third-order valence-corrected chi connectivity index (χ3v) is 4.11. The van der Waals surface area contributed by atoms with E-state index in [1.54, 1.807) is 12.3 Å². The van der Waals surface area contributed by atoms with E-state index in [0.29, 0.717) is 16.4 Å². The minimum absolute atomic E-state index is 0.107. The molecule has 0 saturated heterocycles. The Hall–Kier alpha value is -1.66. The summed E-state index contributed by atoms with van der Waals surface area (Å²) in [4.78, 5) is 20.8. The number of anilines is 1. The van der Waals surface area contributed by atoms with Gasteiger partial charge < -0.3 is 10.6 Å². The fourth-order valence-corrected chi connectivity index (χ4v) is 2.83. The van der Waals surface area contributed by atoms with Gasteiger partial charge in [-0.2, -0.15) is 0 Å². The lowest BCUT2D eigenvalue weighted by atomic mass is 10.2. The molecule has 2 rings (SSSR count). The molecule has 7 heteroatoms. The molecule has 0 aliphatic heterocycles. The van der Waals surface area contributed by atoms with Crippen molar-refractivity contribution in [1.82, 2.24) is 15.3 Å². The summed E-state index contributed by atoms with van der Waals surface area (Å²) in [5, 5.41) is 9.15. The highest BCUT2D eigenvalue weighted by Gasteiger charge is 2.18. The normalized spacial score (nSPS) is 12.0. The van der Waals surface area contributed by atoms with Gasteiger partial charge in [0.15, 0.2) is 0 Å². The second-order valence-electron chi connectivity index (χ2n) is 4.38. The van der Waals surface area contributed by atoms with Crippen LogP contribution in [0.4, 0.5) is 5.82 Å². The van der Waals surface area contributed by atoms with E-state index in [9.17, 15) is 4.79 Å². The average molecular weight is 325 g/mol. The molecule has 2 N–H and O–H groups in total. The van der Waals surface area contributed by atoms with Gasteiger partial charge in [-0.25, -0.2) is 9.97 Å². The first-order valence-corrected chi connectivity index (χ1v) is 8.01. The summed E-state index contributed by atoms with van der Waals surface area (Å²) in [7, 11) is 0. The number of thiazole rings is 1. The van der Waals surface area contributed by atoms with E-state index in [-0.39, 0.29) is 11.9 Å². The van der Waals surface area contributed by atoms with Crippen LogP contribution in [0.5, 0.6) is 0 Å². The Kier molecular flexibility index (Phi) is 5.52. The van der Waals surface area contributed by atoms with Crippen LogP contribution in [0, 0.1) is 0 Å². The molecule has 112 valence electrons. The number of aromatic nitrogens is 2. The van der Waals surface area contributed by atoms with Crippen molar-refractivity contribution in [2.24, 2.45) is 0 Å². The number of hydrogen-bond acceptors (Lipinski definition) is 5. The van der Waals surface area contributed by atoms with E-state index >= 15 is 0 Å². The molecule has 2 aromatic rings. The molecule has 0 aromatic carbocycles. The molecule has 0 radical (unpaired) electrons. The molecule has 0 aliphatic carbocycles. The molecule has 5 nitrogen and oxygen atoms in total. The molecule has 1 atom stereocenters. The summed E-state index contributed by atoms with van der Waals surface area (Å²) in [5.41, 5.74) is 0.414. The third-order valence-electron chi connectivity index (χ3n) is 2.92. The van der Waals surface area contributed by atoms with Crippen molar-refractivity contribution in [3.8, 4) is 0 Å². The number of pyridine rings is 1. The maximum absolute atomic E-state index is 12.4. The molecule has 0 spiro atoms. The second-order valence-corrected chi connectivity index (χ2v) is 5.72. The number of nitrogens with one attached hydrogen (secondary N) is 2. The van der Waals surface area contributed by atoms with E-state index in [1.165, 1.54) is 17.5 Å². The number of amides is 1. The van der Waals surface area contributed by atoms with Gasteiger partial charge in [-0.15, -0.1) is 11.3 Å². The number of halogens is 1. The van der Waals surface area contributed by atoms with Crippen LogP contribution in [0.25, 0.3) is 0 Å². The molecule has 1 unspecified atom stereocenters. The first kappa shape index (κ1) is 15.7. The summed E-state index contributed by atoms with van der Waals surface area (Å²) in [6, 6.07) is 1.56. The van der Waals surface area contributed by atoms with Crippen molar-refractivity contribution in [3.63, 3.8) is 0 Å². The monoisotopic (exact) mass is 324 g/mol. The molecule has 21 heavy (non-hydrogen) atoms. The van der Waals surface area contributed by atoms with Crippen molar-refractivity contribution in [2.75, 3.05) is 11.9 Å². The Morgan fingerprint density at radius 2 is 2.24 bits per heavy atom. The van der Waals surface area contributed by atoms with Crippen molar-refractivity contribution in [3.05, 3.63) is 39.4 Å². The lowest BCUT2D eigenvalue weighted by molar-refractivity contribution is 0.0935. The SMILES string of the molecule is CCNc1cc(C(=O)NC(CC)c2nccs2)c(Cl)cn1. The van der Waals surface area contributed by atoms with E-state index in [0.717, 1.165) is 18.0 Å². The standard InChI is InChI=1S/C14H17ClN4OS/c1-3-11(14-17-5-6-21-14)19-13(20)9-7-12(16-4-2)18-8-10(9)15/h5-8,11H,3-4H2,1-2H3,(H,16,18)(H,19,20). The minimum atomic E-state index is -0.219. The largest absolute Gasteiger partial charge is 0.370 e. The summed E-state index contributed by atoms with van der Waals surface area (Å²) in [5.74, 6) is 0.415. The molecule has 0 fully saturated rings. The molecule has 0 saturated carbocycles. The summed E-state index contributed by atoms with van der Waals surface area (Å²) in [6.45, 7) is 4.70. The van der Waals surface area contributed by atoms with Crippen LogP contribution in [0.2, 0.25) is 5.02 Å². The molecular formula is C14H17ClN4OS. The van der Waals surface area contributed by atoms with Gasteiger partial charge in [-0.3, -0.25) is 4.79 Å². The number of nitrogens with zero attached hydrogens (tertiary/aromatic N) is 2. The highest BCUT2D eigenvalue weighted by Crippen LogP contribution is 2.22. The van der Waals surface area contributed by atoms with E-state index in [4.69, 9.17) is 11.6 Å². The van der Waals surface area contributed by atoms with Crippen LogP contribution in [0.1, 0.15) is 41.7 Å². The smallest absolute Gasteiger partial charge is 0.253 e. The van der Waals surface area contributed by atoms with Crippen LogP contribution in [-0.4, -0.2) is 22.4 Å². The molecule has 0 bridgehead atoms. The van der Waals surface area contributed by atoms with E-state index in [1.807, 2.05) is 19.2 Å². The molecule has 0 aliphatic rings. The predicted molar refractivity (Wildman–Crippen MR) is 86.0 cm³/mol. The summed E-state index contributed by atoms with van der Waals surface area (Å²) >= 11 is 7.60. The zero-order chi connectivity index (χ0) is 15.2. The maximum Gasteiger partial charge on any atom is 0.253 e. The Morgan fingerprint density at radius 3 is 2.86 bits per heavy atom. The Morgan fingerprint density at radius 1 is 1.43 bits per heavy atom. The fraction of sp³-hybridized carbons (Fsp3) is 0.357. The lowest BCUT2D eigenvalue weighted by Crippen LogP contribution is -2.28. The van der Waals surface area contributed by atoms with E-state index < -0.39 is 0 Å². The van der Waals surface area contributed by atoms with Gasteiger partial charge in [0.2, 0.25) is 0 Å². The number of hydrogen-bond donors (Lipinski definition) is 2. The zero-order valence-electron chi connectivity index (χ0n) is 11.9. The first-order chi connectivity index (χ1) is 10.2. The Labute approximate surface area is 132 Å². The third kappa shape index (κ3) is 3.92. The van der Waals surface area contributed by atoms with Gasteiger partial charge in [-0.05, 0) is 19.4 Å². The summed E-state index contributed by atoms with van der Waals surface area (Å²) in [6.07, 6.45) is 3.98. The minimum Gasteiger partial charge on any atom is -0.370 e. The van der Waals surface area contributed by atoms with Gasteiger partial charge in [0.05, 0.1) is 16.6 Å². The van der Waals surface area contributed by atoms with Crippen molar-refractivity contribution < 1.29 is 4.79 Å². The van der Waals surface area contributed by atoms with Crippen LogP contribution in [-0.2, 0) is 0 Å². The van der Waals surface area contributed by atoms with Crippen molar-refractivity contribution >= 4 is 34.7 Å². The van der Waals surface area contributed by atoms with Crippen LogP contribution in [0.3, 0.4) is 0 Å².